The summed E-state index contributed by atoms with van der Waals surface area (Å²) in [7, 11) is 0. The van der Waals surface area contributed by atoms with Gasteiger partial charge in [-0.2, -0.15) is 0 Å². The van der Waals surface area contributed by atoms with E-state index in [0.717, 1.165) is 33.1 Å². The molecule has 0 aliphatic rings. The number of allylic oxidation sites excluding steroid dienone is 2. The Morgan fingerprint density at radius 1 is 1.08 bits per heavy atom. The number of amides is 1. The van der Waals surface area contributed by atoms with Gasteiger partial charge >= 0.3 is 0 Å². The molecular weight excluding hydrogens is 463 g/mol. The van der Waals surface area contributed by atoms with Crippen molar-refractivity contribution in [2.24, 2.45) is 0 Å². The minimum Gasteiger partial charge on any atom is -0.456 e. The average molecular weight is 497 g/mol. The number of halogens is 1. The lowest BCUT2D eigenvalue weighted by Gasteiger charge is -2.29. The van der Waals surface area contributed by atoms with E-state index in [9.17, 15) is 9.18 Å². The number of nitrogens with one attached hydrogen (secondary N) is 1. The van der Waals surface area contributed by atoms with Crippen LogP contribution in [0.5, 0.6) is 0 Å². The van der Waals surface area contributed by atoms with Crippen LogP contribution in [0.15, 0.2) is 101 Å². The second-order valence-electron chi connectivity index (χ2n) is 9.09. The molecule has 4 rings (SSSR count). The van der Waals surface area contributed by atoms with E-state index in [1.54, 1.807) is 35.3 Å². The van der Waals surface area contributed by atoms with Gasteiger partial charge in [0, 0.05) is 28.9 Å². The van der Waals surface area contributed by atoms with Gasteiger partial charge in [-0.1, -0.05) is 55.5 Å². The van der Waals surface area contributed by atoms with E-state index in [0.29, 0.717) is 23.4 Å². The van der Waals surface area contributed by atoms with Gasteiger partial charge in [0.2, 0.25) is 0 Å². The number of fused-ring (bicyclic) bond motifs is 3. The highest BCUT2D eigenvalue weighted by Gasteiger charge is 2.26. The van der Waals surface area contributed by atoms with Crippen molar-refractivity contribution in [1.82, 2.24) is 10.2 Å². The Bertz CT molecular complexity index is 1510. The first-order chi connectivity index (χ1) is 17.9. The number of carbonyl (C=O) groups is 1. The molecule has 0 saturated heterocycles. The summed E-state index contributed by atoms with van der Waals surface area (Å²) in [5.74, 6) is -0.602. The van der Waals surface area contributed by atoms with E-state index in [1.165, 1.54) is 6.07 Å². The molecule has 0 radical (unpaired) electrons. The molecule has 1 heterocycles. The molecule has 1 amide bonds. The van der Waals surface area contributed by atoms with Crippen molar-refractivity contribution in [1.29, 1.82) is 0 Å². The molecule has 0 fully saturated rings. The van der Waals surface area contributed by atoms with Crippen molar-refractivity contribution in [3.63, 3.8) is 0 Å². The fourth-order valence-corrected chi connectivity index (χ4v) is 4.54. The van der Waals surface area contributed by atoms with Crippen molar-refractivity contribution in [2.45, 2.75) is 40.2 Å². The van der Waals surface area contributed by atoms with Crippen molar-refractivity contribution >= 4 is 33.5 Å². The molecule has 3 aromatic carbocycles. The summed E-state index contributed by atoms with van der Waals surface area (Å²) in [5, 5.41) is 5.57. The summed E-state index contributed by atoms with van der Waals surface area (Å²) in [6.07, 6.45) is 4.11. The normalized spacial score (nSPS) is 13.4. The molecule has 5 heteroatoms. The van der Waals surface area contributed by atoms with Gasteiger partial charge in [0.25, 0.3) is 5.91 Å². The van der Waals surface area contributed by atoms with Gasteiger partial charge in [0.1, 0.15) is 17.0 Å². The summed E-state index contributed by atoms with van der Waals surface area (Å²) >= 11 is 0. The largest absolute Gasteiger partial charge is 0.456 e. The highest BCUT2D eigenvalue weighted by atomic mass is 19.1. The molecule has 1 atom stereocenters. The van der Waals surface area contributed by atoms with Gasteiger partial charge in [0.05, 0.1) is 11.4 Å². The molecular formula is C32H33FN2O2. The maximum absolute atomic E-state index is 14.7. The minimum absolute atomic E-state index is 0.161. The fourth-order valence-electron chi connectivity index (χ4n) is 4.54. The van der Waals surface area contributed by atoms with Gasteiger partial charge in [-0.3, -0.25) is 4.79 Å². The second kappa shape index (κ2) is 11.3. The monoisotopic (exact) mass is 496 g/mol. The van der Waals surface area contributed by atoms with E-state index in [-0.39, 0.29) is 24.3 Å². The minimum atomic E-state index is -0.378. The molecule has 37 heavy (non-hydrogen) atoms. The Balaban J connectivity index is 1.69. The predicted octanol–water partition coefficient (Wildman–Crippen LogP) is 8.14. The van der Waals surface area contributed by atoms with Crippen LogP contribution in [0.3, 0.4) is 0 Å². The standard InChI is InChI=1S/C32H33FN2O2/c1-6-19-35(28(8-3)25-14-9-11-15-27(25)33)32(36)31(21(4)7-2)34-22(5)23-17-18-30-26(20-23)24-13-10-12-16-29(24)37-30/h6,8-18,20,22,34H,1,7,19H2,2-5H3/b28-8-,31-21-. The maximum atomic E-state index is 14.7. The Morgan fingerprint density at radius 2 is 1.78 bits per heavy atom. The number of rotatable bonds is 9. The summed E-state index contributed by atoms with van der Waals surface area (Å²) in [5.41, 5.74) is 5.01. The van der Waals surface area contributed by atoms with Gasteiger partial charge in [-0.25, -0.2) is 4.39 Å². The number of hydrogen-bond acceptors (Lipinski definition) is 3. The lowest BCUT2D eigenvalue weighted by Crippen LogP contribution is -2.37. The molecule has 0 aliphatic carbocycles. The Kier molecular flexibility index (Phi) is 7.92. The topological polar surface area (TPSA) is 45.5 Å². The number of carbonyl (C=O) groups excluding carboxylic acids is 1. The number of nitrogens with zero attached hydrogens (tertiary/aromatic N) is 1. The Labute approximate surface area is 217 Å². The lowest BCUT2D eigenvalue weighted by atomic mass is 10.0. The van der Waals surface area contributed by atoms with Crippen LogP contribution < -0.4 is 5.32 Å². The van der Waals surface area contributed by atoms with Crippen molar-refractivity contribution in [2.75, 3.05) is 6.54 Å². The zero-order valence-electron chi connectivity index (χ0n) is 21.8. The van der Waals surface area contributed by atoms with Crippen LogP contribution in [0.1, 0.15) is 51.3 Å². The third-order valence-corrected chi connectivity index (χ3v) is 6.70. The summed E-state index contributed by atoms with van der Waals surface area (Å²) in [6.45, 7) is 11.9. The smallest absolute Gasteiger partial charge is 0.274 e. The molecule has 1 unspecified atom stereocenters. The van der Waals surface area contributed by atoms with Crippen LogP contribution in [-0.4, -0.2) is 17.4 Å². The van der Waals surface area contributed by atoms with Crippen molar-refractivity contribution < 1.29 is 13.6 Å². The molecule has 1 N–H and O–H groups in total. The molecule has 0 aliphatic heterocycles. The summed E-state index contributed by atoms with van der Waals surface area (Å²) < 4.78 is 20.7. The van der Waals surface area contributed by atoms with Gasteiger partial charge in [0.15, 0.2) is 0 Å². The van der Waals surface area contributed by atoms with E-state index in [1.807, 2.05) is 64.1 Å². The van der Waals surface area contributed by atoms with E-state index in [4.69, 9.17) is 4.42 Å². The number of hydrogen-bond donors (Lipinski definition) is 1. The van der Waals surface area contributed by atoms with E-state index in [2.05, 4.69) is 18.0 Å². The number of furan rings is 1. The van der Waals surface area contributed by atoms with Gasteiger partial charge < -0.3 is 14.6 Å². The first-order valence-electron chi connectivity index (χ1n) is 12.6. The first-order valence-corrected chi connectivity index (χ1v) is 12.6. The zero-order valence-corrected chi connectivity index (χ0v) is 21.8. The molecule has 1 aromatic heterocycles. The Morgan fingerprint density at radius 3 is 2.49 bits per heavy atom. The first kappa shape index (κ1) is 26.0. The van der Waals surface area contributed by atoms with Crippen LogP contribution in [0.4, 0.5) is 4.39 Å². The quantitative estimate of drug-likeness (QED) is 0.188. The van der Waals surface area contributed by atoms with Crippen LogP contribution >= 0.6 is 0 Å². The zero-order chi connectivity index (χ0) is 26.5. The van der Waals surface area contributed by atoms with Crippen LogP contribution in [0.2, 0.25) is 0 Å². The highest BCUT2D eigenvalue weighted by Crippen LogP contribution is 2.31. The molecule has 0 bridgehead atoms. The third kappa shape index (κ3) is 5.21. The van der Waals surface area contributed by atoms with Crippen LogP contribution in [0.25, 0.3) is 27.6 Å². The number of para-hydroxylation sites is 1. The van der Waals surface area contributed by atoms with Crippen molar-refractivity contribution in [3.05, 3.63) is 114 Å². The molecule has 0 saturated carbocycles. The van der Waals surface area contributed by atoms with Gasteiger partial charge in [-0.05, 0) is 68.7 Å². The lowest BCUT2D eigenvalue weighted by molar-refractivity contribution is -0.124. The maximum Gasteiger partial charge on any atom is 0.274 e. The predicted molar refractivity (Wildman–Crippen MR) is 150 cm³/mol. The number of benzene rings is 3. The fraction of sp³-hybridized carbons (Fsp3) is 0.219. The van der Waals surface area contributed by atoms with Crippen LogP contribution in [-0.2, 0) is 4.79 Å². The van der Waals surface area contributed by atoms with E-state index < -0.39 is 0 Å². The molecule has 4 aromatic rings. The second-order valence-corrected chi connectivity index (χ2v) is 9.09. The third-order valence-electron chi connectivity index (χ3n) is 6.70. The van der Waals surface area contributed by atoms with Crippen molar-refractivity contribution in [3.8, 4) is 0 Å². The molecule has 4 nitrogen and oxygen atoms in total. The summed E-state index contributed by atoms with van der Waals surface area (Å²) in [4.78, 5) is 15.6. The molecule has 190 valence electrons. The Hall–Kier alpha value is -4.12. The highest BCUT2D eigenvalue weighted by molar-refractivity contribution is 6.05. The summed E-state index contributed by atoms with van der Waals surface area (Å²) in [6, 6.07) is 20.4. The van der Waals surface area contributed by atoms with Crippen LogP contribution in [0, 0.1) is 5.82 Å². The average Bonchev–Trinajstić information content (AvgIpc) is 3.29. The van der Waals surface area contributed by atoms with Gasteiger partial charge in [-0.15, -0.1) is 6.58 Å². The van der Waals surface area contributed by atoms with E-state index >= 15 is 0 Å². The molecule has 0 spiro atoms. The SMILES string of the molecule is C=CCN(C(=O)/C(NC(C)c1ccc2oc3ccccc3c2c1)=C(\C)CC)/C(=C\C)c1ccccc1F.